The average molecular weight is 743 g/mol. The molecule has 2 atom stereocenters. The SMILES string of the molecule is CSc1nc(-c2cccc(-c3cccc(-c4ccn5c(=O)c(CNC[C@@H]6CCC(=O)N6)cnc5c4)c3Cl)c2Cl)ccc1CNC[C@@H]1CCC(=O)N1. The van der Waals surface area contributed by atoms with Crippen LogP contribution in [-0.4, -0.2) is 57.6 Å². The number of halogens is 2. The predicted molar refractivity (Wildman–Crippen MR) is 203 cm³/mol. The lowest BCUT2D eigenvalue weighted by molar-refractivity contribution is -0.120. The minimum absolute atomic E-state index is 0.0642. The second-order valence-corrected chi connectivity index (χ2v) is 14.4. The molecule has 0 bridgehead atoms. The molecular weight excluding hydrogens is 705 g/mol. The van der Waals surface area contributed by atoms with E-state index in [0.717, 1.165) is 56.9 Å². The van der Waals surface area contributed by atoms with Crippen LogP contribution in [0.15, 0.2) is 82.9 Å². The first kappa shape index (κ1) is 35.2. The van der Waals surface area contributed by atoms with Gasteiger partial charge in [-0.1, -0.05) is 65.7 Å². The molecule has 0 unspecified atom stereocenters. The first-order valence-electron chi connectivity index (χ1n) is 16.9. The topological polar surface area (TPSA) is 130 Å². The Hall–Kier alpha value is -4.26. The number of aromatic nitrogens is 3. The molecule has 2 amide bonds. The van der Waals surface area contributed by atoms with E-state index in [1.165, 1.54) is 4.40 Å². The van der Waals surface area contributed by atoms with E-state index in [2.05, 4.69) is 32.3 Å². The molecule has 5 heterocycles. The van der Waals surface area contributed by atoms with E-state index in [9.17, 15) is 14.4 Å². The second kappa shape index (κ2) is 15.5. The van der Waals surface area contributed by atoms with E-state index < -0.39 is 0 Å². The molecule has 4 N–H and O–H groups in total. The van der Waals surface area contributed by atoms with Gasteiger partial charge in [-0.3, -0.25) is 18.8 Å². The molecule has 13 heteroatoms. The van der Waals surface area contributed by atoms with Gasteiger partial charge in [0.1, 0.15) is 10.7 Å². The Kier molecular flexibility index (Phi) is 10.7. The van der Waals surface area contributed by atoms with Crippen LogP contribution in [0.2, 0.25) is 10.0 Å². The molecule has 7 rings (SSSR count). The van der Waals surface area contributed by atoms with E-state index in [4.69, 9.17) is 28.2 Å². The van der Waals surface area contributed by atoms with Crippen LogP contribution in [0.3, 0.4) is 0 Å². The van der Waals surface area contributed by atoms with Gasteiger partial charge in [-0.15, -0.1) is 11.8 Å². The van der Waals surface area contributed by atoms with Gasteiger partial charge >= 0.3 is 0 Å². The summed E-state index contributed by atoms with van der Waals surface area (Å²) in [5.41, 5.74) is 6.68. The van der Waals surface area contributed by atoms with E-state index in [1.54, 1.807) is 24.2 Å². The Morgan fingerprint density at radius 2 is 1.41 bits per heavy atom. The minimum atomic E-state index is -0.153. The van der Waals surface area contributed by atoms with Gasteiger partial charge in [-0.2, -0.15) is 0 Å². The van der Waals surface area contributed by atoms with E-state index in [1.807, 2.05) is 60.9 Å². The first-order chi connectivity index (χ1) is 24.8. The minimum Gasteiger partial charge on any atom is -0.352 e. The summed E-state index contributed by atoms with van der Waals surface area (Å²) in [5.74, 6) is 0.177. The van der Waals surface area contributed by atoms with Gasteiger partial charge in [0, 0.05) is 91.3 Å². The van der Waals surface area contributed by atoms with Crippen molar-refractivity contribution >= 4 is 52.4 Å². The third-order valence-electron chi connectivity index (χ3n) is 9.37. The Balaban J connectivity index is 1.10. The van der Waals surface area contributed by atoms with Crippen LogP contribution in [0.4, 0.5) is 0 Å². The Morgan fingerprint density at radius 3 is 2.04 bits per heavy atom. The number of nitrogens with zero attached hydrogens (tertiary/aromatic N) is 3. The number of rotatable bonds is 12. The van der Waals surface area contributed by atoms with Crippen LogP contribution >= 0.6 is 35.0 Å². The van der Waals surface area contributed by atoms with Crippen LogP contribution in [0, 0.1) is 0 Å². The number of thioether (sulfide) groups is 1. The third kappa shape index (κ3) is 7.68. The molecule has 0 saturated carbocycles. The maximum atomic E-state index is 13.3. The first-order valence-corrected chi connectivity index (χ1v) is 18.9. The summed E-state index contributed by atoms with van der Waals surface area (Å²) in [5, 5.41) is 14.6. The van der Waals surface area contributed by atoms with Gasteiger partial charge in [0.2, 0.25) is 11.8 Å². The van der Waals surface area contributed by atoms with Crippen molar-refractivity contribution in [3.63, 3.8) is 0 Å². The number of pyridine rings is 2. The third-order valence-corrected chi connectivity index (χ3v) is 10.9. The number of fused-ring (bicyclic) bond motifs is 1. The van der Waals surface area contributed by atoms with Crippen LogP contribution in [0.5, 0.6) is 0 Å². The summed E-state index contributed by atoms with van der Waals surface area (Å²) in [6.07, 6.45) is 8.09. The van der Waals surface area contributed by atoms with Crippen molar-refractivity contribution in [3.05, 3.63) is 105 Å². The molecule has 2 saturated heterocycles. The summed E-state index contributed by atoms with van der Waals surface area (Å²) in [6.45, 7) is 2.31. The highest BCUT2D eigenvalue weighted by Gasteiger charge is 2.22. The van der Waals surface area contributed by atoms with Gasteiger partial charge in [0.25, 0.3) is 5.56 Å². The number of amides is 2. The summed E-state index contributed by atoms with van der Waals surface area (Å²) < 4.78 is 1.53. The molecule has 2 aliphatic rings. The zero-order valence-electron chi connectivity index (χ0n) is 28.0. The van der Waals surface area contributed by atoms with Crippen molar-refractivity contribution in [3.8, 4) is 33.5 Å². The number of hydrogen-bond donors (Lipinski definition) is 4. The van der Waals surface area contributed by atoms with Gasteiger partial charge in [-0.25, -0.2) is 9.97 Å². The fourth-order valence-electron chi connectivity index (χ4n) is 6.66. The van der Waals surface area contributed by atoms with Crippen molar-refractivity contribution < 1.29 is 9.59 Å². The molecule has 0 aliphatic carbocycles. The second-order valence-electron chi connectivity index (χ2n) is 12.8. The molecule has 262 valence electrons. The highest BCUT2D eigenvalue weighted by atomic mass is 35.5. The van der Waals surface area contributed by atoms with Crippen molar-refractivity contribution in [2.75, 3.05) is 19.3 Å². The average Bonchev–Trinajstić information content (AvgIpc) is 3.76. The smallest absolute Gasteiger partial charge is 0.262 e. The standard InChI is InChI=1S/C38H37Cl2N7O3S/c1-51-37-23(17-41-20-25-9-12-33(48)44-25)8-11-31(46-37)30-7-3-6-29(36(30)40)28-5-2-4-27(35(28)39)22-14-15-47-32(16-22)43-19-24(38(47)50)18-42-21-26-10-13-34(49)45-26/h2-8,11,14-16,19,25-26,41-42H,9-10,12-13,17-18,20-21H2,1H3,(H,44,48)(H,45,49)/t25-,26-/m0/s1. The lowest BCUT2D eigenvalue weighted by Gasteiger charge is -2.16. The highest BCUT2D eigenvalue weighted by Crippen LogP contribution is 2.42. The van der Waals surface area contributed by atoms with E-state index in [0.29, 0.717) is 60.3 Å². The predicted octanol–water partition coefficient (Wildman–Crippen LogP) is 5.86. The van der Waals surface area contributed by atoms with Gasteiger partial charge in [0.15, 0.2) is 0 Å². The zero-order chi connectivity index (χ0) is 35.5. The molecule has 2 aromatic carbocycles. The summed E-state index contributed by atoms with van der Waals surface area (Å²) in [7, 11) is 0. The van der Waals surface area contributed by atoms with E-state index >= 15 is 0 Å². The fourth-order valence-corrected chi connectivity index (χ4v) is 7.91. The lowest BCUT2D eigenvalue weighted by Crippen LogP contribution is -2.36. The lowest BCUT2D eigenvalue weighted by atomic mass is 9.97. The van der Waals surface area contributed by atoms with Crippen molar-refractivity contribution in [1.82, 2.24) is 35.6 Å². The molecular formula is C38H37Cl2N7O3S. The maximum absolute atomic E-state index is 13.3. The molecule has 2 fully saturated rings. The van der Waals surface area contributed by atoms with Crippen LogP contribution < -0.4 is 26.8 Å². The van der Waals surface area contributed by atoms with Crippen molar-refractivity contribution in [1.29, 1.82) is 0 Å². The molecule has 10 nitrogen and oxygen atoms in total. The fraction of sp³-hybridized carbons (Fsp3) is 0.289. The van der Waals surface area contributed by atoms with Gasteiger partial charge in [0.05, 0.1) is 15.7 Å². The number of nitrogens with one attached hydrogen (secondary N) is 4. The molecule has 5 aromatic rings. The monoisotopic (exact) mass is 741 g/mol. The molecule has 0 spiro atoms. The summed E-state index contributed by atoms with van der Waals surface area (Å²) >= 11 is 15.8. The number of carbonyl (C=O) groups is 2. The van der Waals surface area contributed by atoms with E-state index in [-0.39, 0.29) is 29.5 Å². The maximum Gasteiger partial charge on any atom is 0.262 e. The van der Waals surface area contributed by atoms with Crippen LogP contribution in [0.25, 0.3) is 39.2 Å². The number of hydrogen-bond acceptors (Lipinski definition) is 8. The highest BCUT2D eigenvalue weighted by molar-refractivity contribution is 7.98. The van der Waals surface area contributed by atoms with Gasteiger partial charge in [-0.05, 0) is 48.4 Å². The molecule has 2 aliphatic heterocycles. The number of benzene rings is 2. The summed E-state index contributed by atoms with van der Waals surface area (Å²) in [6, 6.07) is 19.7. The normalized spacial score (nSPS) is 17.2. The van der Waals surface area contributed by atoms with Gasteiger partial charge < -0.3 is 21.3 Å². The summed E-state index contributed by atoms with van der Waals surface area (Å²) in [4.78, 5) is 45.8. The molecule has 0 radical (unpaired) electrons. The quantitative estimate of drug-likeness (QED) is 0.117. The number of carbonyl (C=O) groups excluding carboxylic acids is 2. The van der Waals surface area contributed by atoms with Crippen LogP contribution in [-0.2, 0) is 22.7 Å². The Bertz CT molecular complexity index is 2190. The Morgan fingerprint density at radius 1 is 0.804 bits per heavy atom. The Labute approximate surface area is 309 Å². The zero-order valence-corrected chi connectivity index (χ0v) is 30.3. The largest absolute Gasteiger partial charge is 0.352 e. The molecule has 3 aromatic heterocycles. The van der Waals surface area contributed by atoms with Crippen molar-refractivity contribution in [2.45, 2.75) is 55.9 Å². The molecule has 51 heavy (non-hydrogen) atoms. The van der Waals surface area contributed by atoms with Crippen molar-refractivity contribution in [2.24, 2.45) is 0 Å². The van der Waals surface area contributed by atoms with Crippen LogP contribution in [0.1, 0.15) is 36.8 Å².